The molecule has 2 N–H and O–H groups in total. The highest BCUT2D eigenvalue weighted by Crippen LogP contribution is 2.23. The molecule has 0 amide bonds. The molecule has 2 aromatic carbocycles. The van der Waals surface area contributed by atoms with E-state index < -0.39 is 0 Å². The van der Waals surface area contributed by atoms with Crippen molar-refractivity contribution in [2.24, 2.45) is 5.73 Å². The van der Waals surface area contributed by atoms with Gasteiger partial charge in [0, 0.05) is 5.54 Å². The highest BCUT2D eigenvalue weighted by atomic mass is 19.1. The van der Waals surface area contributed by atoms with Gasteiger partial charge in [0.2, 0.25) is 0 Å². The Hall–Kier alpha value is -1.41. The second kappa shape index (κ2) is 3.31. The molecule has 0 saturated heterocycles. The summed E-state index contributed by atoms with van der Waals surface area (Å²) < 4.78 is 12.9. The first-order valence-electron chi connectivity index (χ1n) is 4.95. The summed E-state index contributed by atoms with van der Waals surface area (Å²) in [5.74, 6) is -0.206. The lowest BCUT2D eigenvalue weighted by atomic mass is 9.93. The molecule has 2 heteroatoms. The zero-order chi connectivity index (χ0) is 11.1. The molecule has 0 atom stereocenters. The van der Waals surface area contributed by atoms with Gasteiger partial charge in [-0.25, -0.2) is 4.39 Å². The van der Waals surface area contributed by atoms with E-state index in [1.54, 1.807) is 6.07 Å². The largest absolute Gasteiger partial charge is 0.322 e. The predicted molar refractivity (Wildman–Crippen MR) is 61.1 cm³/mol. The Balaban J connectivity index is 2.62. The van der Waals surface area contributed by atoms with Crippen LogP contribution in [0.4, 0.5) is 4.39 Å². The van der Waals surface area contributed by atoms with E-state index in [2.05, 4.69) is 0 Å². The second-order valence-corrected chi connectivity index (χ2v) is 4.43. The molecule has 0 aromatic heterocycles. The van der Waals surface area contributed by atoms with Gasteiger partial charge in [-0.05, 0) is 48.4 Å². The van der Waals surface area contributed by atoms with Gasteiger partial charge in [-0.15, -0.1) is 0 Å². The first kappa shape index (κ1) is 10.1. The van der Waals surface area contributed by atoms with Crippen LogP contribution in [-0.2, 0) is 5.54 Å². The Morgan fingerprint density at radius 2 is 1.60 bits per heavy atom. The number of nitrogens with two attached hydrogens (primary N) is 1. The maximum absolute atomic E-state index is 12.9. The summed E-state index contributed by atoms with van der Waals surface area (Å²) in [6.45, 7) is 3.91. The van der Waals surface area contributed by atoms with Gasteiger partial charge < -0.3 is 5.73 Å². The minimum absolute atomic E-state index is 0.206. The van der Waals surface area contributed by atoms with E-state index in [4.69, 9.17) is 5.73 Å². The van der Waals surface area contributed by atoms with Crippen LogP contribution in [0.25, 0.3) is 10.8 Å². The second-order valence-electron chi connectivity index (χ2n) is 4.43. The molecule has 1 nitrogen and oxygen atoms in total. The van der Waals surface area contributed by atoms with Gasteiger partial charge in [0.05, 0.1) is 0 Å². The van der Waals surface area contributed by atoms with Gasteiger partial charge in [-0.3, -0.25) is 0 Å². The van der Waals surface area contributed by atoms with Gasteiger partial charge >= 0.3 is 0 Å². The van der Waals surface area contributed by atoms with Gasteiger partial charge in [0.1, 0.15) is 5.82 Å². The molecule has 0 spiro atoms. The molecule has 2 rings (SSSR count). The number of halogens is 1. The summed E-state index contributed by atoms with van der Waals surface area (Å²) in [7, 11) is 0. The topological polar surface area (TPSA) is 26.0 Å². The van der Waals surface area contributed by atoms with Gasteiger partial charge in [-0.2, -0.15) is 0 Å². The molecule has 0 aliphatic heterocycles. The van der Waals surface area contributed by atoms with Crippen molar-refractivity contribution >= 4 is 10.8 Å². The molecular weight excluding hydrogens is 189 g/mol. The number of rotatable bonds is 1. The van der Waals surface area contributed by atoms with Crippen LogP contribution in [0.15, 0.2) is 36.4 Å². The smallest absolute Gasteiger partial charge is 0.123 e. The Morgan fingerprint density at radius 1 is 1.00 bits per heavy atom. The normalized spacial score (nSPS) is 12.0. The fourth-order valence-corrected chi connectivity index (χ4v) is 1.62. The van der Waals surface area contributed by atoms with Crippen LogP contribution in [0.3, 0.4) is 0 Å². The quantitative estimate of drug-likeness (QED) is 0.756. The molecule has 0 radical (unpaired) electrons. The molecule has 0 aliphatic carbocycles. The standard InChI is InChI=1S/C13H14FN/c1-13(2,15)11-5-3-10-8-12(14)6-4-9(10)7-11/h3-8H,15H2,1-2H3. The van der Waals surface area contributed by atoms with E-state index in [0.717, 1.165) is 16.3 Å². The summed E-state index contributed by atoms with van der Waals surface area (Å²) >= 11 is 0. The fraction of sp³-hybridized carbons (Fsp3) is 0.231. The van der Waals surface area contributed by atoms with Gasteiger partial charge in [0.25, 0.3) is 0 Å². The van der Waals surface area contributed by atoms with E-state index in [-0.39, 0.29) is 11.4 Å². The van der Waals surface area contributed by atoms with Crippen molar-refractivity contribution in [1.29, 1.82) is 0 Å². The Labute approximate surface area is 88.7 Å². The highest BCUT2D eigenvalue weighted by Gasteiger charge is 2.13. The van der Waals surface area contributed by atoms with E-state index in [9.17, 15) is 4.39 Å². The third-order valence-electron chi connectivity index (χ3n) is 2.55. The van der Waals surface area contributed by atoms with E-state index in [1.165, 1.54) is 12.1 Å². The van der Waals surface area contributed by atoms with Crippen LogP contribution in [0.1, 0.15) is 19.4 Å². The maximum Gasteiger partial charge on any atom is 0.123 e. The van der Waals surface area contributed by atoms with Crippen LogP contribution >= 0.6 is 0 Å². The van der Waals surface area contributed by atoms with Crippen molar-refractivity contribution in [2.75, 3.05) is 0 Å². The third-order valence-corrected chi connectivity index (χ3v) is 2.55. The minimum Gasteiger partial charge on any atom is -0.322 e. The van der Waals surface area contributed by atoms with Crippen LogP contribution in [0.2, 0.25) is 0 Å². The van der Waals surface area contributed by atoms with Gasteiger partial charge in [0.15, 0.2) is 0 Å². The lowest BCUT2D eigenvalue weighted by Crippen LogP contribution is -2.28. The zero-order valence-electron chi connectivity index (χ0n) is 8.92. The molecule has 0 bridgehead atoms. The van der Waals surface area contributed by atoms with Crippen LogP contribution in [-0.4, -0.2) is 0 Å². The molecule has 0 aliphatic rings. The summed E-state index contributed by atoms with van der Waals surface area (Å²) in [5, 5.41) is 1.93. The van der Waals surface area contributed by atoms with Crippen molar-refractivity contribution in [1.82, 2.24) is 0 Å². The Kier molecular flexibility index (Phi) is 2.24. The predicted octanol–water partition coefficient (Wildman–Crippen LogP) is 3.17. The first-order chi connectivity index (χ1) is 6.97. The summed E-state index contributed by atoms with van der Waals surface area (Å²) in [6.07, 6.45) is 0. The number of benzene rings is 2. The van der Waals surface area contributed by atoms with Crippen LogP contribution in [0, 0.1) is 5.82 Å². The summed E-state index contributed by atoms with van der Waals surface area (Å²) in [6, 6.07) is 10.6. The molecule has 2 aromatic rings. The lowest BCUT2D eigenvalue weighted by Gasteiger charge is -2.19. The minimum atomic E-state index is -0.359. The lowest BCUT2D eigenvalue weighted by molar-refractivity contribution is 0.555. The van der Waals surface area contributed by atoms with Crippen molar-refractivity contribution in [3.05, 3.63) is 47.8 Å². The Morgan fingerprint density at radius 3 is 2.27 bits per heavy atom. The van der Waals surface area contributed by atoms with Crippen molar-refractivity contribution < 1.29 is 4.39 Å². The third kappa shape index (κ3) is 2.00. The fourth-order valence-electron chi connectivity index (χ4n) is 1.62. The monoisotopic (exact) mass is 203 g/mol. The molecule has 0 saturated carbocycles. The van der Waals surface area contributed by atoms with Crippen molar-refractivity contribution in [3.63, 3.8) is 0 Å². The van der Waals surface area contributed by atoms with Crippen molar-refractivity contribution in [2.45, 2.75) is 19.4 Å². The summed E-state index contributed by atoms with van der Waals surface area (Å²) in [4.78, 5) is 0. The molecule has 0 heterocycles. The number of hydrogen-bond acceptors (Lipinski definition) is 1. The zero-order valence-corrected chi connectivity index (χ0v) is 8.92. The number of hydrogen-bond donors (Lipinski definition) is 1. The number of fused-ring (bicyclic) bond motifs is 1. The Bertz CT molecular complexity index is 497. The molecule has 0 fully saturated rings. The van der Waals surface area contributed by atoms with E-state index in [1.807, 2.05) is 32.0 Å². The molecule has 15 heavy (non-hydrogen) atoms. The molecular formula is C13H14FN. The summed E-state index contributed by atoms with van der Waals surface area (Å²) in [5.41, 5.74) is 6.70. The van der Waals surface area contributed by atoms with E-state index in [0.29, 0.717) is 0 Å². The maximum atomic E-state index is 12.9. The first-order valence-corrected chi connectivity index (χ1v) is 4.95. The van der Waals surface area contributed by atoms with Crippen LogP contribution < -0.4 is 5.73 Å². The highest BCUT2D eigenvalue weighted by molar-refractivity contribution is 5.83. The molecule has 78 valence electrons. The van der Waals surface area contributed by atoms with E-state index >= 15 is 0 Å². The molecule has 0 unspecified atom stereocenters. The van der Waals surface area contributed by atoms with Crippen LogP contribution in [0.5, 0.6) is 0 Å². The van der Waals surface area contributed by atoms with Gasteiger partial charge in [-0.1, -0.05) is 18.2 Å². The van der Waals surface area contributed by atoms with Crippen molar-refractivity contribution in [3.8, 4) is 0 Å². The average Bonchev–Trinajstić information content (AvgIpc) is 2.15. The average molecular weight is 203 g/mol. The SMILES string of the molecule is CC(C)(N)c1ccc2cc(F)ccc2c1.